The van der Waals surface area contributed by atoms with E-state index < -0.39 is 10.9 Å². The summed E-state index contributed by atoms with van der Waals surface area (Å²) in [6, 6.07) is 5.61. The van der Waals surface area contributed by atoms with Crippen LogP contribution in [0.4, 0.5) is 10.1 Å². The van der Waals surface area contributed by atoms with Gasteiger partial charge in [0, 0.05) is 6.07 Å². The van der Waals surface area contributed by atoms with Gasteiger partial charge in [0.2, 0.25) is 0 Å². The molecule has 3 rings (SSSR count). The molecule has 9 heteroatoms. The predicted molar refractivity (Wildman–Crippen MR) is 90.1 cm³/mol. The molecule has 1 aromatic carbocycles. The number of fused-ring (bicyclic) bond motifs is 1. The quantitative estimate of drug-likeness (QED) is 0.705. The lowest BCUT2D eigenvalue weighted by molar-refractivity contribution is 0.453. The van der Waals surface area contributed by atoms with E-state index in [1.165, 1.54) is 25.4 Å². The fraction of sp³-hybridized carbons (Fsp3) is 0.200. The molecule has 0 aliphatic carbocycles. The molecule has 0 bridgehead atoms. The first-order chi connectivity index (χ1) is 11.5. The molecule has 7 nitrogen and oxygen atoms in total. The van der Waals surface area contributed by atoms with Crippen LogP contribution in [0.1, 0.15) is 18.8 Å². The van der Waals surface area contributed by atoms with Gasteiger partial charge in [0.05, 0.1) is 48.0 Å². The largest absolute Gasteiger partial charge is 0.322 e. The molecule has 126 valence electrons. The van der Waals surface area contributed by atoms with Gasteiger partial charge >= 0.3 is 0 Å². The van der Waals surface area contributed by atoms with Gasteiger partial charge in [-0.1, -0.05) is 0 Å². The topological polar surface area (TPSA) is 95.4 Å². The van der Waals surface area contributed by atoms with Crippen molar-refractivity contribution < 1.29 is 12.8 Å². The number of thiol groups is 1. The average Bonchev–Trinajstić information content (AvgIpc) is 2.93. The molecule has 0 aliphatic rings. The van der Waals surface area contributed by atoms with Crippen molar-refractivity contribution in [1.82, 2.24) is 14.5 Å². The van der Waals surface area contributed by atoms with Crippen LogP contribution in [-0.2, 0) is 15.1 Å². The molecule has 0 saturated heterocycles. The van der Waals surface area contributed by atoms with Crippen LogP contribution in [-0.4, -0.2) is 25.9 Å². The predicted octanol–water partition coefficient (Wildman–Crippen LogP) is 2.44. The second-order valence-corrected chi connectivity index (χ2v) is 6.19. The van der Waals surface area contributed by atoms with Crippen LogP contribution in [0.2, 0.25) is 0 Å². The number of pyridine rings is 1. The number of hydrogen-bond donors (Lipinski definition) is 2. The lowest BCUT2D eigenvalue weighted by atomic mass is 10.3. The molecule has 0 fully saturated rings. The van der Waals surface area contributed by atoms with Crippen LogP contribution in [0.25, 0.3) is 16.7 Å². The highest BCUT2D eigenvalue weighted by Gasteiger charge is 2.16. The summed E-state index contributed by atoms with van der Waals surface area (Å²) >= 11 is 0. The summed E-state index contributed by atoms with van der Waals surface area (Å²) in [6.07, 6.45) is 3.04. The monoisotopic (exact) mass is 349 g/mol. The van der Waals surface area contributed by atoms with E-state index in [0.29, 0.717) is 28.2 Å². The van der Waals surface area contributed by atoms with Gasteiger partial charge in [0.1, 0.15) is 11.6 Å². The van der Waals surface area contributed by atoms with Gasteiger partial charge in [-0.2, -0.15) is 4.36 Å². The highest BCUT2D eigenvalue weighted by molar-refractivity contribution is 7.69. The summed E-state index contributed by atoms with van der Waals surface area (Å²) in [5.74, 6) is 0.182. The van der Waals surface area contributed by atoms with E-state index in [0.717, 1.165) is 0 Å². The highest BCUT2D eigenvalue weighted by Crippen LogP contribution is 2.26. The normalized spacial score (nSPS) is 14.2. The Labute approximate surface area is 139 Å². The Morgan fingerprint density at radius 1 is 1.38 bits per heavy atom. The van der Waals surface area contributed by atoms with Crippen LogP contribution >= 0.6 is 0 Å². The first-order valence-electron chi connectivity index (χ1n) is 7.11. The fourth-order valence-electron chi connectivity index (χ4n) is 2.37. The van der Waals surface area contributed by atoms with Gasteiger partial charge in [0.25, 0.3) is 0 Å². The number of hydrogen-bond acceptors (Lipinski definition) is 6. The minimum atomic E-state index is -2.16. The third-order valence-electron chi connectivity index (χ3n) is 3.37. The second kappa shape index (κ2) is 6.63. The average molecular weight is 349 g/mol. The molecule has 2 aromatic heterocycles. The van der Waals surface area contributed by atoms with Crippen molar-refractivity contribution in [2.45, 2.75) is 13.0 Å². The van der Waals surface area contributed by atoms with Crippen molar-refractivity contribution in [3.63, 3.8) is 0 Å². The zero-order chi connectivity index (χ0) is 17.3. The van der Waals surface area contributed by atoms with Crippen molar-refractivity contribution in [2.75, 3.05) is 7.11 Å². The number of nitrogens with zero attached hydrogens (tertiary/aromatic N) is 4. The Bertz CT molecular complexity index is 979. The van der Waals surface area contributed by atoms with Crippen molar-refractivity contribution in [3.05, 3.63) is 48.3 Å². The molecular formula is C15H16FN5O2S. The van der Waals surface area contributed by atoms with E-state index in [-0.39, 0.29) is 11.9 Å². The zero-order valence-corrected chi connectivity index (χ0v) is 13.9. The lowest BCUT2D eigenvalue weighted by Gasteiger charge is -2.11. The Morgan fingerprint density at radius 2 is 2.17 bits per heavy atom. The summed E-state index contributed by atoms with van der Waals surface area (Å²) < 4.78 is 35.4. The van der Waals surface area contributed by atoms with Crippen LogP contribution in [0.5, 0.6) is 0 Å². The molecule has 2 heterocycles. The zero-order valence-electron chi connectivity index (χ0n) is 13.0. The van der Waals surface area contributed by atoms with Gasteiger partial charge in [-0.05, 0) is 25.1 Å². The molecule has 0 aliphatic heterocycles. The number of halogens is 1. The SMILES string of the molecule is CO[SH](=O)=Nc1cncc(-n2c(C(C)N)nc3ccc(F)cc32)c1. The maximum atomic E-state index is 13.7. The van der Waals surface area contributed by atoms with E-state index in [1.54, 1.807) is 29.8 Å². The van der Waals surface area contributed by atoms with Crippen LogP contribution < -0.4 is 5.73 Å². The van der Waals surface area contributed by atoms with E-state index >= 15 is 0 Å². The van der Waals surface area contributed by atoms with Gasteiger partial charge in [-0.15, -0.1) is 0 Å². The van der Waals surface area contributed by atoms with Crippen LogP contribution in [0.3, 0.4) is 0 Å². The minimum absolute atomic E-state index is 0.378. The van der Waals surface area contributed by atoms with Crippen LogP contribution in [0, 0.1) is 5.82 Å². The highest BCUT2D eigenvalue weighted by atomic mass is 32.2. The summed E-state index contributed by atoms with van der Waals surface area (Å²) in [6.45, 7) is 1.79. The smallest absolute Gasteiger partial charge is 0.157 e. The van der Waals surface area contributed by atoms with E-state index in [1.807, 2.05) is 0 Å². The minimum Gasteiger partial charge on any atom is -0.322 e. The third-order valence-corrected chi connectivity index (χ3v) is 4.08. The van der Waals surface area contributed by atoms with Crippen molar-refractivity contribution in [2.24, 2.45) is 10.1 Å². The van der Waals surface area contributed by atoms with Gasteiger partial charge in [-0.25, -0.2) is 13.6 Å². The molecule has 2 atom stereocenters. The first kappa shape index (κ1) is 16.5. The maximum Gasteiger partial charge on any atom is 0.157 e. The summed E-state index contributed by atoms with van der Waals surface area (Å²) in [4.78, 5) is 8.56. The number of imidazole rings is 1. The number of benzene rings is 1. The Kier molecular flexibility index (Phi) is 4.56. The van der Waals surface area contributed by atoms with Gasteiger partial charge in [0.15, 0.2) is 10.9 Å². The standard InChI is InChI=1S/C15H16FN5O2S/c1-9(17)15-19-13-4-3-10(16)5-14(13)21(15)12-6-11(7-18-8-12)20-24(22)23-2/h3-9,24H,17H2,1-2H3. The van der Waals surface area contributed by atoms with Crippen molar-refractivity contribution >= 4 is 27.6 Å². The van der Waals surface area contributed by atoms with Gasteiger partial charge in [-0.3, -0.25) is 13.7 Å². The number of nitrogens with two attached hydrogens (primary N) is 1. The Morgan fingerprint density at radius 3 is 2.88 bits per heavy atom. The van der Waals surface area contributed by atoms with E-state index in [4.69, 9.17) is 5.73 Å². The Balaban J connectivity index is 2.25. The summed E-state index contributed by atoms with van der Waals surface area (Å²) in [5.41, 5.74) is 8.17. The molecular weight excluding hydrogens is 333 g/mol. The second-order valence-electron chi connectivity index (χ2n) is 5.15. The lowest BCUT2D eigenvalue weighted by Crippen LogP contribution is -2.12. The third kappa shape index (κ3) is 3.14. The molecule has 24 heavy (non-hydrogen) atoms. The fourth-order valence-corrected chi connectivity index (χ4v) is 2.75. The molecule has 0 saturated carbocycles. The van der Waals surface area contributed by atoms with Gasteiger partial charge < -0.3 is 5.73 Å². The molecule has 0 amide bonds. The summed E-state index contributed by atoms with van der Waals surface area (Å²) in [7, 11) is -0.853. The van der Waals surface area contributed by atoms with E-state index in [2.05, 4.69) is 18.5 Å². The molecule has 3 aromatic rings. The Hall–Kier alpha value is -2.36. The number of aromatic nitrogens is 3. The summed E-state index contributed by atoms with van der Waals surface area (Å²) in [5, 5.41) is 0. The maximum absolute atomic E-state index is 13.7. The molecule has 0 radical (unpaired) electrons. The van der Waals surface area contributed by atoms with E-state index in [9.17, 15) is 8.60 Å². The first-order valence-corrected chi connectivity index (χ1v) is 8.24. The van der Waals surface area contributed by atoms with Crippen molar-refractivity contribution in [1.29, 1.82) is 0 Å². The molecule has 2 N–H and O–H groups in total. The molecule has 2 unspecified atom stereocenters. The molecule has 0 spiro atoms. The van der Waals surface area contributed by atoms with Crippen molar-refractivity contribution in [3.8, 4) is 5.69 Å². The number of rotatable bonds is 4. The van der Waals surface area contributed by atoms with Crippen LogP contribution in [0.15, 0.2) is 41.0 Å².